The van der Waals surface area contributed by atoms with Gasteiger partial charge >= 0.3 is 0 Å². The van der Waals surface area contributed by atoms with Crippen molar-refractivity contribution in [3.63, 3.8) is 0 Å². The lowest BCUT2D eigenvalue weighted by Crippen LogP contribution is -2.37. The largest absolute Gasteiger partial charge is 0.370 e. The van der Waals surface area contributed by atoms with Crippen LogP contribution in [0.1, 0.15) is 25.0 Å². The fourth-order valence-electron chi connectivity index (χ4n) is 2.47. The summed E-state index contributed by atoms with van der Waals surface area (Å²) in [6.07, 6.45) is 0. The van der Waals surface area contributed by atoms with Crippen LogP contribution in [0, 0.1) is 12.8 Å². The van der Waals surface area contributed by atoms with Gasteiger partial charge in [0, 0.05) is 47.6 Å². The molecule has 0 amide bonds. The molecule has 1 heterocycles. The first-order valence-corrected chi connectivity index (χ1v) is 8.95. The number of nitrogens with zero attached hydrogens (tertiary/aromatic N) is 1. The van der Waals surface area contributed by atoms with E-state index in [0.717, 1.165) is 37.7 Å². The predicted molar refractivity (Wildman–Crippen MR) is 87.8 cm³/mol. The first-order valence-electron chi connectivity index (χ1n) is 7.46. The zero-order valence-corrected chi connectivity index (χ0v) is 13.6. The van der Waals surface area contributed by atoms with Gasteiger partial charge in [0.2, 0.25) is 0 Å². The quantitative estimate of drug-likeness (QED) is 0.904. The van der Waals surface area contributed by atoms with Crippen molar-refractivity contribution in [2.24, 2.45) is 5.92 Å². The molecule has 3 nitrogen and oxygen atoms in total. The molecular formula is C16H26N2OS. The van der Waals surface area contributed by atoms with Crippen LogP contribution in [0.3, 0.4) is 0 Å². The monoisotopic (exact) mass is 294 g/mol. The number of anilines is 1. The maximum atomic E-state index is 11.4. The highest BCUT2D eigenvalue weighted by atomic mass is 32.2. The number of aryl methyl sites for hydroxylation is 1. The Kier molecular flexibility index (Phi) is 5.61. The Morgan fingerprint density at radius 1 is 1.30 bits per heavy atom. The highest BCUT2D eigenvalue weighted by Crippen LogP contribution is 2.20. The molecule has 1 saturated heterocycles. The molecule has 0 unspecified atom stereocenters. The summed E-state index contributed by atoms with van der Waals surface area (Å²) >= 11 is 0. The third-order valence-electron chi connectivity index (χ3n) is 3.74. The molecule has 0 radical (unpaired) electrons. The van der Waals surface area contributed by atoms with Crippen LogP contribution in [-0.2, 0) is 17.3 Å². The summed E-state index contributed by atoms with van der Waals surface area (Å²) in [5, 5.41) is 3.49. The van der Waals surface area contributed by atoms with Crippen LogP contribution in [0.5, 0.6) is 0 Å². The first-order chi connectivity index (χ1) is 9.56. The average molecular weight is 294 g/mol. The second kappa shape index (κ2) is 7.23. The van der Waals surface area contributed by atoms with Gasteiger partial charge in [0.25, 0.3) is 0 Å². The molecule has 1 aliphatic heterocycles. The van der Waals surface area contributed by atoms with E-state index >= 15 is 0 Å². The minimum absolute atomic E-state index is 0.605. The van der Waals surface area contributed by atoms with Gasteiger partial charge in [-0.15, -0.1) is 0 Å². The Hall–Kier alpha value is -0.870. The molecule has 1 aromatic carbocycles. The third-order valence-corrected chi connectivity index (χ3v) is 5.01. The Morgan fingerprint density at radius 2 is 2.00 bits per heavy atom. The van der Waals surface area contributed by atoms with Crippen LogP contribution >= 0.6 is 0 Å². The van der Waals surface area contributed by atoms with Crippen LogP contribution in [0.2, 0.25) is 0 Å². The van der Waals surface area contributed by atoms with Crippen LogP contribution in [0.15, 0.2) is 18.2 Å². The summed E-state index contributed by atoms with van der Waals surface area (Å²) in [4.78, 5) is 2.35. The summed E-state index contributed by atoms with van der Waals surface area (Å²) in [6.45, 7) is 10.5. The van der Waals surface area contributed by atoms with Crippen molar-refractivity contribution >= 4 is 16.5 Å². The van der Waals surface area contributed by atoms with Crippen molar-refractivity contribution in [3.8, 4) is 0 Å². The summed E-state index contributed by atoms with van der Waals surface area (Å²) in [6, 6.07) is 6.69. The van der Waals surface area contributed by atoms with Crippen LogP contribution in [-0.4, -0.2) is 35.3 Å². The zero-order chi connectivity index (χ0) is 14.5. The van der Waals surface area contributed by atoms with Gasteiger partial charge in [-0.1, -0.05) is 19.9 Å². The minimum atomic E-state index is -0.605. The SMILES string of the molecule is Cc1cc(N2CCS(=O)CC2)ccc1CNCC(C)C. The molecule has 0 aliphatic carbocycles. The Balaban J connectivity index is 1.96. The third kappa shape index (κ3) is 4.32. The topological polar surface area (TPSA) is 32.3 Å². The highest BCUT2D eigenvalue weighted by molar-refractivity contribution is 7.85. The summed E-state index contributed by atoms with van der Waals surface area (Å²) in [5.41, 5.74) is 3.98. The Morgan fingerprint density at radius 3 is 2.60 bits per heavy atom. The zero-order valence-electron chi connectivity index (χ0n) is 12.8. The molecule has 112 valence electrons. The maximum Gasteiger partial charge on any atom is 0.0411 e. The standard InChI is InChI=1S/C16H26N2OS/c1-13(2)11-17-12-15-4-5-16(10-14(15)3)18-6-8-20(19)9-7-18/h4-5,10,13,17H,6-9,11-12H2,1-3H3. The van der Waals surface area contributed by atoms with E-state index in [0.29, 0.717) is 5.92 Å². The van der Waals surface area contributed by atoms with E-state index in [1.807, 2.05) is 0 Å². The van der Waals surface area contributed by atoms with Crippen molar-refractivity contribution in [1.29, 1.82) is 0 Å². The normalized spacial score (nSPS) is 16.9. The number of nitrogens with one attached hydrogen (secondary N) is 1. The van der Waals surface area contributed by atoms with Crippen molar-refractivity contribution in [1.82, 2.24) is 5.32 Å². The van der Waals surface area contributed by atoms with Crippen molar-refractivity contribution in [2.45, 2.75) is 27.3 Å². The van der Waals surface area contributed by atoms with E-state index in [1.54, 1.807) is 0 Å². The van der Waals surface area contributed by atoms with Crippen LogP contribution in [0.4, 0.5) is 5.69 Å². The van der Waals surface area contributed by atoms with Crippen molar-refractivity contribution in [3.05, 3.63) is 29.3 Å². The van der Waals surface area contributed by atoms with Crippen molar-refractivity contribution < 1.29 is 4.21 Å². The fourth-order valence-corrected chi connectivity index (χ4v) is 3.52. The second-order valence-corrected chi connectivity index (χ2v) is 7.67. The molecule has 0 spiro atoms. The van der Waals surface area contributed by atoms with E-state index in [4.69, 9.17) is 0 Å². The number of rotatable bonds is 5. The molecule has 0 bridgehead atoms. The molecule has 2 rings (SSSR count). The van der Waals surface area contributed by atoms with E-state index in [9.17, 15) is 4.21 Å². The molecule has 1 N–H and O–H groups in total. The molecule has 1 fully saturated rings. The maximum absolute atomic E-state index is 11.4. The van der Waals surface area contributed by atoms with Crippen LogP contribution < -0.4 is 10.2 Å². The van der Waals surface area contributed by atoms with Gasteiger partial charge in [-0.2, -0.15) is 0 Å². The van der Waals surface area contributed by atoms with E-state index in [2.05, 4.69) is 49.2 Å². The highest BCUT2D eigenvalue weighted by Gasteiger charge is 2.15. The van der Waals surface area contributed by atoms with E-state index < -0.39 is 10.8 Å². The number of hydrogen-bond donors (Lipinski definition) is 1. The van der Waals surface area contributed by atoms with Gasteiger partial charge in [0.05, 0.1) is 0 Å². The summed E-state index contributed by atoms with van der Waals surface area (Å²) in [7, 11) is -0.605. The molecule has 0 saturated carbocycles. The Labute approximate surface area is 125 Å². The van der Waals surface area contributed by atoms with Crippen LogP contribution in [0.25, 0.3) is 0 Å². The molecule has 4 heteroatoms. The predicted octanol–water partition coefficient (Wildman–Crippen LogP) is 2.31. The van der Waals surface area contributed by atoms with Crippen molar-refractivity contribution in [2.75, 3.05) is 36.0 Å². The summed E-state index contributed by atoms with van der Waals surface area (Å²) in [5.74, 6) is 2.29. The second-order valence-electron chi connectivity index (χ2n) is 5.97. The van der Waals surface area contributed by atoms with Gasteiger partial charge in [0.15, 0.2) is 0 Å². The molecule has 1 aliphatic rings. The number of hydrogen-bond acceptors (Lipinski definition) is 3. The fraction of sp³-hybridized carbons (Fsp3) is 0.625. The number of benzene rings is 1. The minimum Gasteiger partial charge on any atom is -0.370 e. The van der Waals surface area contributed by atoms with Gasteiger partial charge in [-0.3, -0.25) is 4.21 Å². The first kappa shape index (κ1) is 15.5. The molecule has 0 aromatic heterocycles. The smallest absolute Gasteiger partial charge is 0.0411 e. The molecule has 20 heavy (non-hydrogen) atoms. The lowest BCUT2D eigenvalue weighted by atomic mass is 10.1. The summed E-state index contributed by atoms with van der Waals surface area (Å²) < 4.78 is 11.4. The average Bonchev–Trinajstić information content (AvgIpc) is 2.41. The lowest BCUT2D eigenvalue weighted by molar-refractivity contribution is 0.551. The van der Waals surface area contributed by atoms with Gasteiger partial charge in [-0.25, -0.2) is 0 Å². The van der Waals surface area contributed by atoms with E-state index in [-0.39, 0.29) is 0 Å². The van der Waals surface area contributed by atoms with Gasteiger partial charge < -0.3 is 10.2 Å². The molecule has 0 atom stereocenters. The molecule has 1 aromatic rings. The Bertz CT molecular complexity index is 464. The van der Waals surface area contributed by atoms with E-state index in [1.165, 1.54) is 16.8 Å². The lowest BCUT2D eigenvalue weighted by Gasteiger charge is -2.29. The van der Waals surface area contributed by atoms with Gasteiger partial charge in [-0.05, 0) is 42.6 Å². The molecular weight excluding hydrogens is 268 g/mol. The van der Waals surface area contributed by atoms with Gasteiger partial charge in [0.1, 0.15) is 0 Å².